The summed E-state index contributed by atoms with van der Waals surface area (Å²) < 4.78 is 18.9. The van der Waals surface area contributed by atoms with Gasteiger partial charge in [-0.15, -0.1) is 0 Å². The van der Waals surface area contributed by atoms with Gasteiger partial charge in [0.2, 0.25) is 0 Å². The third kappa shape index (κ3) is 4.22. The molecule has 230 valence electrons. The summed E-state index contributed by atoms with van der Waals surface area (Å²) in [6.45, 7) is 19.8. The fourth-order valence-electron chi connectivity index (χ4n) is 10.9. The fraction of sp³-hybridized carbons (Fsp3) is 0.853. The lowest BCUT2D eigenvalue weighted by atomic mass is 9.36. The molecule has 7 heteroatoms. The van der Waals surface area contributed by atoms with Gasteiger partial charge in [-0.1, -0.05) is 41.5 Å². The summed E-state index contributed by atoms with van der Waals surface area (Å²) in [5.41, 5.74) is -1.57. The topological polar surface area (TPSA) is 99.1 Å². The molecule has 1 aliphatic heterocycles. The lowest BCUT2D eigenvalue weighted by Crippen LogP contribution is -2.65. The third-order valence-corrected chi connectivity index (χ3v) is 13.0. The molecule has 0 aromatic rings. The van der Waals surface area contributed by atoms with Crippen LogP contribution in [0, 0.1) is 39.4 Å². The van der Waals surface area contributed by atoms with Crippen LogP contribution in [0.3, 0.4) is 0 Å². The second-order valence-electron chi connectivity index (χ2n) is 16.0. The molecule has 4 aliphatic carbocycles. The molecular weight excluding hydrogens is 520 g/mol. The molecule has 7 nitrogen and oxygen atoms in total. The Labute approximate surface area is 246 Å². The molecule has 5 rings (SSSR count). The molecule has 4 fully saturated rings. The summed E-state index contributed by atoms with van der Waals surface area (Å²) in [5, 5.41) is 11.0. The van der Waals surface area contributed by atoms with Crippen LogP contribution in [0.25, 0.3) is 0 Å². The molecule has 5 aliphatic rings. The molecule has 10 atom stereocenters. The normalized spacial score (nSPS) is 45.8. The average Bonchev–Trinajstić information content (AvgIpc) is 3.31. The Morgan fingerprint density at radius 1 is 1.05 bits per heavy atom. The summed E-state index contributed by atoms with van der Waals surface area (Å²) in [6, 6.07) is 0. The molecule has 0 amide bonds. The van der Waals surface area contributed by atoms with Gasteiger partial charge in [0.1, 0.15) is 11.9 Å². The highest BCUT2D eigenvalue weighted by molar-refractivity contribution is 5.85. The minimum absolute atomic E-state index is 0.0756. The summed E-state index contributed by atoms with van der Waals surface area (Å²) in [6.07, 6.45) is 6.29. The summed E-state index contributed by atoms with van der Waals surface area (Å²) >= 11 is 0. The number of ether oxygens (including phenoxy) is 3. The van der Waals surface area contributed by atoms with Crippen molar-refractivity contribution in [2.45, 2.75) is 144 Å². The highest BCUT2D eigenvalue weighted by Crippen LogP contribution is 2.76. The number of carbonyl (C=O) groups is 3. The van der Waals surface area contributed by atoms with Gasteiger partial charge in [0.25, 0.3) is 0 Å². The molecule has 1 heterocycles. The number of ketones is 1. The number of hydrogen-bond donors (Lipinski definition) is 1. The minimum atomic E-state index is -1.26. The van der Waals surface area contributed by atoms with Crippen molar-refractivity contribution < 1.29 is 33.7 Å². The Morgan fingerprint density at radius 3 is 2.29 bits per heavy atom. The number of fused-ring (bicyclic) bond motifs is 6. The zero-order chi connectivity index (χ0) is 30.6. The predicted octanol–water partition coefficient (Wildman–Crippen LogP) is 5.95. The Hall–Kier alpha value is -1.73. The second-order valence-corrected chi connectivity index (χ2v) is 16.0. The Morgan fingerprint density at radius 2 is 1.71 bits per heavy atom. The van der Waals surface area contributed by atoms with Gasteiger partial charge >= 0.3 is 11.9 Å². The van der Waals surface area contributed by atoms with E-state index in [1.807, 2.05) is 0 Å². The smallest absolute Gasteiger partial charge is 0.303 e. The van der Waals surface area contributed by atoms with Crippen molar-refractivity contribution in [1.29, 1.82) is 0 Å². The SMILES string of the molecule is CC(=O)O[C@H]1C=C2[C@]3(CC[C@]2(C)[C@@]2(C)CCC4C(C)(C)C(=O)CC[C@]4(C)[C@H]12)O[C@H]([C@@H](OC(C)=O)C(C)(C)O)C[C@H]3C. The van der Waals surface area contributed by atoms with Gasteiger partial charge in [-0.2, -0.15) is 0 Å². The lowest BCUT2D eigenvalue weighted by molar-refractivity contribution is -0.206. The molecule has 41 heavy (non-hydrogen) atoms. The number of Topliss-reactive ketones (excluding diaryl/α,β-unsaturated/α-hetero) is 1. The number of rotatable bonds is 4. The summed E-state index contributed by atoms with van der Waals surface area (Å²) in [7, 11) is 0. The molecule has 0 aromatic heterocycles. The van der Waals surface area contributed by atoms with E-state index in [-0.39, 0.29) is 40.0 Å². The van der Waals surface area contributed by atoms with Gasteiger partial charge < -0.3 is 19.3 Å². The van der Waals surface area contributed by atoms with E-state index in [1.165, 1.54) is 19.4 Å². The van der Waals surface area contributed by atoms with Crippen LogP contribution in [-0.2, 0) is 28.6 Å². The van der Waals surface area contributed by atoms with Crippen molar-refractivity contribution in [3.8, 4) is 0 Å². The second kappa shape index (κ2) is 9.38. The maximum Gasteiger partial charge on any atom is 0.303 e. The maximum atomic E-state index is 13.1. The average molecular weight is 573 g/mol. The van der Waals surface area contributed by atoms with Crippen molar-refractivity contribution in [3.05, 3.63) is 11.6 Å². The van der Waals surface area contributed by atoms with E-state index >= 15 is 0 Å². The van der Waals surface area contributed by atoms with Crippen LogP contribution in [0.5, 0.6) is 0 Å². The Bertz CT molecular complexity index is 1160. The Balaban J connectivity index is 1.62. The van der Waals surface area contributed by atoms with Crippen LogP contribution in [0.1, 0.15) is 114 Å². The minimum Gasteiger partial charge on any atom is -0.458 e. The summed E-state index contributed by atoms with van der Waals surface area (Å²) in [4.78, 5) is 37.8. The molecule has 0 radical (unpaired) electrons. The van der Waals surface area contributed by atoms with E-state index < -0.39 is 40.9 Å². The first-order chi connectivity index (χ1) is 18.7. The lowest BCUT2D eigenvalue weighted by Gasteiger charge is -2.68. The number of hydrogen-bond acceptors (Lipinski definition) is 7. The third-order valence-electron chi connectivity index (χ3n) is 13.0. The van der Waals surface area contributed by atoms with Crippen molar-refractivity contribution in [3.63, 3.8) is 0 Å². The number of carbonyl (C=O) groups excluding carboxylic acids is 3. The van der Waals surface area contributed by atoms with Crippen LogP contribution in [0.4, 0.5) is 0 Å². The highest BCUT2D eigenvalue weighted by atomic mass is 16.6. The monoisotopic (exact) mass is 572 g/mol. The first-order valence-corrected chi connectivity index (χ1v) is 15.7. The van der Waals surface area contributed by atoms with E-state index in [2.05, 4.69) is 47.6 Å². The van der Waals surface area contributed by atoms with Crippen LogP contribution in [0.15, 0.2) is 11.6 Å². The van der Waals surface area contributed by atoms with Gasteiger partial charge in [-0.05, 0) is 92.1 Å². The van der Waals surface area contributed by atoms with Gasteiger partial charge in [-0.3, -0.25) is 14.4 Å². The molecule has 3 saturated carbocycles. The van der Waals surface area contributed by atoms with Crippen molar-refractivity contribution >= 4 is 17.7 Å². The molecule has 1 spiro atoms. The van der Waals surface area contributed by atoms with E-state index in [1.54, 1.807) is 13.8 Å². The van der Waals surface area contributed by atoms with E-state index in [9.17, 15) is 19.5 Å². The first-order valence-electron chi connectivity index (χ1n) is 15.7. The number of aliphatic hydroxyl groups is 1. The van der Waals surface area contributed by atoms with Gasteiger partial charge in [0.05, 0.1) is 17.3 Å². The molecule has 1 saturated heterocycles. The molecule has 1 N–H and O–H groups in total. The quantitative estimate of drug-likeness (QED) is 0.328. The van der Waals surface area contributed by atoms with E-state index in [0.717, 1.165) is 32.1 Å². The molecule has 0 bridgehead atoms. The zero-order valence-electron chi connectivity index (χ0n) is 26.9. The Kier molecular flexibility index (Phi) is 7.03. The standard InChI is InChI=1S/C34H52O7/c1-19-17-23(28(30(6,7)38)40-21(3)36)41-34(19)16-15-32(9)25(34)18-22(39-20(2)35)27-31(8)13-12-26(37)29(4,5)24(31)11-14-33(27,32)10/h18-19,22-24,27-28,38H,11-17H2,1-10H3/t19-,22+,23+,24?,27+,28-,31+,32+,33+,34-/m1/s1. The zero-order valence-corrected chi connectivity index (χ0v) is 26.9. The van der Waals surface area contributed by atoms with E-state index in [4.69, 9.17) is 14.2 Å². The van der Waals surface area contributed by atoms with Gasteiger partial charge in [0, 0.05) is 31.6 Å². The van der Waals surface area contributed by atoms with Gasteiger partial charge in [-0.25, -0.2) is 0 Å². The van der Waals surface area contributed by atoms with E-state index in [0.29, 0.717) is 18.6 Å². The van der Waals surface area contributed by atoms with Crippen molar-refractivity contribution in [2.75, 3.05) is 0 Å². The van der Waals surface area contributed by atoms with Crippen LogP contribution < -0.4 is 0 Å². The summed E-state index contributed by atoms with van der Waals surface area (Å²) in [5.74, 6) is 0.0371. The molecule has 0 aromatic carbocycles. The van der Waals surface area contributed by atoms with Crippen LogP contribution in [-0.4, -0.2) is 52.3 Å². The maximum absolute atomic E-state index is 13.1. The number of esters is 2. The van der Waals surface area contributed by atoms with Crippen molar-refractivity contribution in [2.24, 2.45) is 39.4 Å². The van der Waals surface area contributed by atoms with Crippen molar-refractivity contribution in [1.82, 2.24) is 0 Å². The predicted molar refractivity (Wildman–Crippen MR) is 155 cm³/mol. The van der Waals surface area contributed by atoms with Crippen LogP contribution >= 0.6 is 0 Å². The largest absolute Gasteiger partial charge is 0.458 e. The first kappa shape index (κ1) is 30.7. The fourth-order valence-corrected chi connectivity index (χ4v) is 10.9. The van der Waals surface area contributed by atoms with Crippen LogP contribution in [0.2, 0.25) is 0 Å². The molecular formula is C34H52O7. The highest BCUT2D eigenvalue weighted by Gasteiger charge is 2.73. The van der Waals surface area contributed by atoms with Gasteiger partial charge in [0.15, 0.2) is 6.10 Å². The molecule has 1 unspecified atom stereocenters.